The number of ether oxygens (including phenoxy) is 1. The Bertz CT molecular complexity index is 1320. The Morgan fingerprint density at radius 2 is 1.62 bits per heavy atom. The molecule has 1 aromatic heterocycles. The Kier molecular flexibility index (Phi) is 7.73. The summed E-state index contributed by atoms with van der Waals surface area (Å²) in [5, 5.41) is 13.2. The van der Waals surface area contributed by atoms with Gasteiger partial charge >= 0.3 is 0 Å². The molecule has 2 heterocycles. The standard InChI is InChI=1S/C30H34N6O/c1-23-10-7-11-24(2)28(23)36-30(31-32-33-36)29(26-15-8-16-27(22-26)37-3)35-20-18-34(19-21-35)17-9-14-25-12-5-4-6-13-25/h4-16,22,29H,17-21H2,1-3H3. The van der Waals surface area contributed by atoms with Gasteiger partial charge in [-0.25, -0.2) is 0 Å². The second kappa shape index (κ2) is 11.5. The zero-order valence-corrected chi connectivity index (χ0v) is 21.8. The predicted octanol–water partition coefficient (Wildman–Crippen LogP) is 4.71. The number of rotatable bonds is 8. The highest BCUT2D eigenvalue weighted by molar-refractivity contribution is 5.49. The Morgan fingerprint density at radius 1 is 0.892 bits per heavy atom. The van der Waals surface area contributed by atoms with Crippen molar-refractivity contribution in [1.29, 1.82) is 0 Å². The second-order valence-electron chi connectivity index (χ2n) is 9.52. The average molecular weight is 495 g/mol. The van der Waals surface area contributed by atoms with Crippen molar-refractivity contribution in [3.63, 3.8) is 0 Å². The number of aromatic nitrogens is 4. The number of aryl methyl sites for hydroxylation is 2. The van der Waals surface area contributed by atoms with Crippen LogP contribution in [-0.2, 0) is 0 Å². The number of piperazine rings is 1. The highest BCUT2D eigenvalue weighted by Crippen LogP contribution is 2.32. The first-order chi connectivity index (χ1) is 18.1. The van der Waals surface area contributed by atoms with Gasteiger partial charge in [-0.15, -0.1) is 5.10 Å². The molecule has 1 atom stereocenters. The minimum atomic E-state index is -0.0916. The van der Waals surface area contributed by atoms with E-state index in [9.17, 15) is 0 Å². The molecule has 1 saturated heterocycles. The third-order valence-corrected chi connectivity index (χ3v) is 7.04. The number of hydrogen-bond acceptors (Lipinski definition) is 6. The molecule has 0 amide bonds. The molecule has 37 heavy (non-hydrogen) atoms. The Hall–Kier alpha value is -3.81. The van der Waals surface area contributed by atoms with Gasteiger partial charge in [-0.2, -0.15) is 4.68 Å². The molecule has 4 aromatic rings. The van der Waals surface area contributed by atoms with E-state index >= 15 is 0 Å². The highest BCUT2D eigenvalue weighted by Gasteiger charge is 2.31. The first-order valence-electron chi connectivity index (χ1n) is 12.8. The van der Waals surface area contributed by atoms with Gasteiger partial charge in [0.2, 0.25) is 0 Å². The number of nitrogens with zero attached hydrogens (tertiary/aromatic N) is 6. The summed E-state index contributed by atoms with van der Waals surface area (Å²) < 4.78 is 7.49. The van der Waals surface area contributed by atoms with Crippen LogP contribution in [0.25, 0.3) is 11.8 Å². The molecule has 1 fully saturated rings. The van der Waals surface area contributed by atoms with Crippen LogP contribution < -0.4 is 4.74 Å². The van der Waals surface area contributed by atoms with Gasteiger partial charge < -0.3 is 4.74 Å². The molecule has 190 valence electrons. The van der Waals surface area contributed by atoms with Gasteiger partial charge in [0.25, 0.3) is 0 Å². The predicted molar refractivity (Wildman–Crippen MR) is 147 cm³/mol. The molecule has 5 rings (SSSR count). The lowest BCUT2D eigenvalue weighted by Gasteiger charge is -2.38. The van der Waals surface area contributed by atoms with Gasteiger partial charge in [-0.3, -0.25) is 9.80 Å². The van der Waals surface area contributed by atoms with Crippen LogP contribution in [0.4, 0.5) is 0 Å². The first kappa shape index (κ1) is 24.9. The minimum Gasteiger partial charge on any atom is -0.497 e. The molecule has 0 radical (unpaired) electrons. The molecule has 0 spiro atoms. The fourth-order valence-electron chi connectivity index (χ4n) is 5.10. The molecule has 7 heteroatoms. The summed E-state index contributed by atoms with van der Waals surface area (Å²) in [4.78, 5) is 4.98. The third-order valence-electron chi connectivity index (χ3n) is 7.04. The van der Waals surface area contributed by atoms with Crippen molar-refractivity contribution in [2.24, 2.45) is 0 Å². The lowest BCUT2D eigenvalue weighted by atomic mass is 10.0. The lowest BCUT2D eigenvalue weighted by molar-refractivity contribution is 0.113. The van der Waals surface area contributed by atoms with Crippen LogP contribution in [0.3, 0.4) is 0 Å². The summed E-state index contributed by atoms with van der Waals surface area (Å²) in [5.41, 5.74) is 5.69. The SMILES string of the molecule is COc1cccc(C(c2nnnn2-c2c(C)cccc2C)N2CCN(CC=Cc3ccccc3)CC2)c1. The van der Waals surface area contributed by atoms with Crippen molar-refractivity contribution in [2.45, 2.75) is 19.9 Å². The van der Waals surface area contributed by atoms with E-state index in [-0.39, 0.29) is 6.04 Å². The van der Waals surface area contributed by atoms with E-state index < -0.39 is 0 Å². The van der Waals surface area contributed by atoms with E-state index in [4.69, 9.17) is 4.74 Å². The summed E-state index contributed by atoms with van der Waals surface area (Å²) in [6.45, 7) is 8.94. The Balaban J connectivity index is 1.41. The number of para-hydroxylation sites is 1. The van der Waals surface area contributed by atoms with E-state index in [1.54, 1.807) is 7.11 Å². The molecule has 0 bridgehead atoms. The quantitative estimate of drug-likeness (QED) is 0.354. The third kappa shape index (κ3) is 5.63. The normalized spacial score (nSPS) is 15.8. The zero-order chi connectivity index (χ0) is 25.6. The summed E-state index contributed by atoms with van der Waals surface area (Å²) in [6.07, 6.45) is 4.45. The molecular weight excluding hydrogens is 460 g/mol. The van der Waals surface area contributed by atoms with Crippen molar-refractivity contribution >= 4 is 6.08 Å². The molecule has 3 aromatic carbocycles. The van der Waals surface area contributed by atoms with Crippen LogP contribution in [0.5, 0.6) is 5.75 Å². The van der Waals surface area contributed by atoms with Crippen LogP contribution in [0, 0.1) is 13.8 Å². The van der Waals surface area contributed by atoms with E-state index in [0.717, 1.165) is 66.7 Å². The van der Waals surface area contributed by atoms with Crippen molar-refractivity contribution in [3.05, 3.63) is 107 Å². The summed E-state index contributed by atoms with van der Waals surface area (Å²) in [5.74, 6) is 1.65. The number of tetrazole rings is 1. The molecule has 0 aliphatic carbocycles. The maximum Gasteiger partial charge on any atom is 0.178 e. The molecule has 1 aliphatic heterocycles. The van der Waals surface area contributed by atoms with E-state index in [1.807, 2.05) is 22.9 Å². The fraction of sp³-hybridized carbons (Fsp3) is 0.300. The van der Waals surface area contributed by atoms with Crippen molar-refractivity contribution in [1.82, 2.24) is 30.0 Å². The van der Waals surface area contributed by atoms with Gasteiger partial charge in [-0.1, -0.05) is 72.8 Å². The van der Waals surface area contributed by atoms with Gasteiger partial charge in [0.15, 0.2) is 5.82 Å². The lowest BCUT2D eigenvalue weighted by Crippen LogP contribution is -2.48. The van der Waals surface area contributed by atoms with E-state index in [0.29, 0.717) is 0 Å². The monoisotopic (exact) mass is 494 g/mol. The highest BCUT2D eigenvalue weighted by atomic mass is 16.5. The Labute approximate surface area is 219 Å². The molecular formula is C30H34N6O. The number of benzene rings is 3. The zero-order valence-electron chi connectivity index (χ0n) is 21.8. The summed E-state index contributed by atoms with van der Waals surface area (Å²) >= 11 is 0. The minimum absolute atomic E-state index is 0.0916. The molecule has 1 aliphatic rings. The van der Waals surface area contributed by atoms with Crippen molar-refractivity contribution < 1.29 is 4.74 Å². The van der Waals surface area contributed by atoms with E-state index in [1.165, 1.54) is 5.56 Å². The fourth-order valence-corrected chi connectivity index (χ4v) is 5.10. The molecule has 0 saturated carbocycles. The maximum absolute atomic E-state index is 5.57. The van der Waals surface area contributed by atoms with Gasteiger partial charge in [0, 0.05) is 32.7 Å². The van der Waals surface area contributed by atoms with Crippen LogP contribution in [0.2, 0.25) is 0 Å². The average Bonchev–Trinajstić information content (AvgIpc) is 3.39. The van der Waals surface area contributed by atoms with Gasteiger partial charge in [0.05, 0.1) is 18.8 Å². The molecule has 7 nitrogen and oxygen atoms in total. The number of hydrogen-bond donors (Lipinski definition) is 0. The van der Waals surface area contributed by atoms with Gasteiger partial charge in [-0.05, 0) is 58.7 Å². The van der Waals surface area contributed by atoms with Crippen molar-refractivity contribution in [3.8, 4) is 11.4 Å². The first-order valence-corrected chi connectivity index (χ1v) is 12.8. The topological polar surface area (TPSA) is 59.3 Å². The molecule has 0 N–H and O–H groups in total. The largest absolute Gasteiger partial charge is 0.497 e. The van der Waals surface area contributed by atoms with Gasteiger partial charge in [0.1, 0.15) is 5.75 Å². The maximum atomic E-state index is 5.57. The number of methoxy groups -OCH3 is 1. The van der Waals surface area contributed by atoms with E-state index in [2.05, 4.69) is 106 Å². The smallest absolute Gasteiger partial charge is 0.178 e. The second-order valence-corrected chi connectivity index (χ2v) is 9.52. The summed E-state index contributed by atoms with van der Waals surface area (Å²) in [7, 11) is 1.70. The van der Waals surface area contributed by atoms with Crippen LogP contribution in [-0.4, -0.2) is 69.8 Å². The summed E-state index contributed by atoms with van der Waals surface area (Å²) in [6, 6.07) is 24.9. The Morgan fingerprint density at radius 3 is 2.35 bits per heavy atom. The molecule has 1 unspecified atom stereocenters. The van der Waals surface area contributed by atoms with Crippen LogP contribution >= 0.6 is 0 Å². The van der Waals surface area contributed by atoms with Crippen LogP contribution in [0.1, 0.15) is 34.1 Å². The van der Waals surface area contributed by atoms with Crippen molar-refractivity contribution in [2.75, 3.05) is 39.8 Å². The van der Waals surface area contributed by atoms with Crippen LogP contribution in [0.15, 0.2) is 78.9 Å².